The molecule has 1 aliphatic carbocycles. The van der Waals surface area contributed by atoms with Gasteiger partial charge < -0.3 is 10.2 Å². The van der Waals surface area contributed by atoms with E-state index in [1.807, 2.05) is 6.07 Å². The van der Waals surface area contributed by atoms with Crippen LogP contribution in [0.3, 0.4) is 0 Å². The Hall–Kier alpha value is -0.890. The predicted molar refractivity (Wildman–Crippen MR) is 84.5 cm³/mol. The van der Waals surface area contributed by atoms with Crippen molar-refractivity contribution in [3.8, 4) is 0 Å². The predicted octanol–water partition coefficient (Wildman–Crippen LogP) is 2.95. The fourth-order valence-electron chi connectivity index (χ4n) is 2.27. The van der Waals surface area contributed by atoms with Crippen molar-refractivity contribution in [1.82, 2.24) is 4.90 Å². The third-order valence-corrected chi connectivity index (χ3v) is 4.16. The Kier molecular flexibility index (Phi) is 4.62. The standard InChI is InChI=1S/C13H18IN3O2/c1-16(2)13(9-3-4-9)8-15-11-6-5-10(14)7-12(11)17(18)19/h5-7,9,13,15H,3-4,8H2,1-2H3. The van der Waals surface area contributed by atoms with Gasteiger partial charge in [-0.15, -0.1) is 0 Å². The number of benzene rings is 1. The van der Waals surface area contributed by atoms with E-state index in [2.05, 4.69) is 46.9 Å². The van der Waals surface area contributed by atoms with Gasteiger partial charge in [-0.1, -0.05) is 0 Å². The molecule has 0 heterocycles. The molecule has 2 rings (SSSR count). The SMILES string of the molecule is CN(C)C(CNc1ccc(I)cc1[N+](=O)[O-])C1CC1. The molecule has 6 heteroatoms. The number of hydrogen-bond acceptors (Lipinski definition) is 4. The molecule has 1 aromatic rings. The molecule has 1 aliphatic rings. The van der Waals surface area contributed by atoms with E-state index >= 15 is 0 Å². The molecule has 0 radical (unpaired) electrons. The molecule has 0 bridgehead atoms. The van der Waals surface area contributed by atoms with E-state index in [-0.39, 0.29) is 10.6 Å². The maximum absolute atomic E-state index is 11.1. The van der Waals surface area contributed by atoms with Crippen LogP contribution >= 0.6 is 22.6 Å². The summed E-state index contributed by atoms with van der Waals surface area (Å²) >= 11 is 2.09. The second-order valence-electron chi connectivity index (χ2n) is 5.17. The van der Waals surface area contributed by atoms with Gasteiger partial charge in [0.25, 0.3) is 5.69 Å². The number of likely N-dealkylation sites (N-methyl/N-ethyl adjacent to an activating group) is 1. The van der Waals surface area contributed by atoms with Gasteiger partial charge in [-0.25, -0.2) is 0 Å². The van der Waals surface area contributed by atoms with E-state index in [4.69, 9.17) is 0 Å². The highest BCUT2D eigenvalue weighted by Gasteiger charge is 2.32. The molecule has 104 valence electrons. The molecule has 0 aromatic heterocycles. The smallest absolute Gasteiger partial charge is 0.293 e. The van der Waals surface area contributed by atoms with E-state index in [0.29, 0.717) is 11.7 Å². The average Bonchev–Trinajstić information content (AvgIpc) is 3.14. The number of nitrogens with one attached hydrogen (secondary N) is 1. The van der Waals surface area contributed by atoms with Gasteiger partial charge in [-0.2, -0.15) is 0 Å². The van der Waals surface area contributed by atoms with Gasteiger partial charge >= 0.3 is 0 Å². The summed E-state index contributed by atoms with van der Waals surface area (Å²) in [7, 11) is 4.13. The van der Waals surface area contributed by atoms with Crippen LogP contribution in [0.15, 0.2) is 18.2 Å². The summed E-state index contributed by atoms with van der Waals surface area (Å²) in [4.78, 5) is 12.9. The average molecular weight is 375 g/mol. The Bertz CT molecular complexity index is 473. The number of anilines is 1. The van der Waals surface area contributed by atoms with Crippen molar-refractivity contribution in [3.63, 3.8) is 0 Å². The van der Waals surface area contributed by atoms with Crippen LogP contribution in [0.2, 0.25) is 0 Å². The summed E-state index contributed by atoms with van der Waals surface area (Å²) in [5.74, 6) is 0.727. The van der Waals surface area contributed by atoms with Gasteiger partial charge in [-0.3, -0.25) is 10.1 Å². The molecule has 0 spiro atoms. The summed E-state index contributed by atoms with van der Waals surface area (Å²) in [5.41, 5.74) is 0.762. The maximum Gasteiger partial charge on any atom is 0.293 e. The number of hydrogen-bond donors (Lipinski definition) is 1. The number of rotatable bonds is 6. The molecular formula is C13H18IN3O2. The Morgan fingerprint density at radius 3 is 2.74 bits per heavy atom. The molecule has 1 unspecified atom stereocenters. The van der Waals surface area contributed by atoms with E-state index < -0.39 is 0 Å². The number of nitrogens with zero attached hydrogens (tertiary/aromatic N) is 2. The zero-order valence-corrected chi connectivity index (χ0v) is 13.3. The molecule has 0 amide bonds. The molecule has 0 aliphatic heterocycles. The van der Waals surface area contributed by atoms with E-state index in [1.54, 1.807) is 12.1 Å². The third-order valence-electron chi connectivity index (χ3n) is 3.49. The van der Waals surface area contributed by atoms with Gasteiger partial charge in [0, 0.05) is 22.2 Å². The van der Waals surface area contributed by atoms with Crippen molar-refractivity contribution in [2.45, 2.75) is 18.9 Å². The van der Waals surface area contributed by atoms with E-state index in [0.717, 1.165) is 16.0 Å². The van der Waals surface area contributed by atoms with Crippen LogP contribution in [0.5, 0.6) is 0 Å². The molecule has 1 fully saturated rings. The van der Waals surface area contributed by atoms with Crippen LogP contribution in [-0.4, -0.2) is 36.5 Å². The Balaban J connectivity index is 2.08. The van der Waals surface area contributed by atoms with Gasteiger partial charge in [0.1, 0.15) is 5.69 Å². The Morgan fingerprint density at radius 2 is 2.21 bits per heavy atom. The molecule has 1 aromatic carbocycles. The topological polar surface area (TPSA) is 58.4 Å². The number of nitro groups is 1. The van der Waals surface area contributed by atoms with Crippen molar-refractivity contribution < 1.29 is 4.92 Å². The largest absolute Gasteiger partial charge is 0.378 e. The molecule has 0 saturated heterocycles. The van der Waals surface area contributed by atoms with Gasteiger partial charge in [0.2, 0.25) is 0 Å². The zero-order chi connectivity index (χ0) is 14.0. The second-order valence-corrected chi connectivity index (χ2v) is 6.41. The fraction of sp³-hybridized carbons (Fsp3) is 0.538. The summed E-state index contributed by atoms with van der Waals surface area (Å²) in [6.07, 6.45) is 2.53. The minimum absolute atomic E-state index is 0.153. The lowest BCUT2D eigenvalue weighted by Gasteiger charge is -2.24. The van der Waals surface area contributed by atoms with Crippen molar-refractivity contribution >= 4 is 34.0 Å². The lowest BCUT2D eigenvalue weighted by atomic mass is 10.1. The van der Waals surface area contributed by atoms with Crippen molar-refractivity contribution in [2.75, 3.05) is 26.0 Å². The highest BCUT2D eigenvalue weighted by molar-refractivity contribution is 14.1. The van der Waals surface area contributed by atoms with Crippen LogP contribution in [0.25, 0.3) is 0 Å². The molecule has 19 heavy (non-hydrogen) atoms. The molecule has 1 saturated carbocycles. The van der Waals surface area contributed by atoms with Crippen molar-refractivity contribution in [2.24, 2.45) is 5.92 Å². The molecule has 1 N–H and O–H groups in total. The van der Waals surface area contributed by atoms with Crippen LogP contribution in [0.1, 0.15) is 12.8 Å². The van der Waals surface area contributed by atoms with E-state index in [1.165, 1.54) is 12.8 Å². The lowest BCUT2D eigenvalue weighted by molar-refractivity contribution is -0.384. The minimum Gasteiger partial charge on any atom is -0.378 e. The van der Waals surface area contributed by atoms with Crippen molar-refractivity contribution in [1.29, 1.82) is 0 Å². The van der Waals surface area contributed by atoms with Crippen LogP contribution < -0.4 is 5.32 Å². The van der Waals surface area contributed by atoms with E-state index in [9.17, 15) is 10.1 Å². The van der Waals surface area contributed by atoms with Gasteiger partial charge in [0.15, 0.2) is 0 Å². The first-order valence-corrected chi connectivity index (χ1v) is 7.41. The first-order valence-electron chi connectivity index (χ1n) is 6.33. The minimum atomic E-state index is -0.327. The number of halogens is 1. The normalized spacial score (nSPS) is 16.4. The molecule has 5 nitrogen and oxygen atoms in total. The zero-order valence-electron chi connectivity index (χ0n) is 11.1. The van der Waals surface area contributed by atoms with Gasteiger partial charge in [-0.05, 0) is 67.6 Å². The van der Waals surface area contributed by atoms with Crippen LogP contribution in [0.4, 0.5) is 11.4 Å². The second kappa shape index (κ2) is 6.04. The van der Waals surface area contributed by atoms with Crippen LogP contribution in [-0.2, 0) is 0 Å². The van der Waals surface area contributed by atoms with Gasteiger partial charge in [0.05, 0.1) is 4.92 Å². The fourth-order valence-corrected chi connectivity index (χ4v) is 2.75. The Labute approximate surface area is 126 Å². The quantitative estimate of drug-likeness (QED) is 0.472. The lowest BCUT2D eigenvalue weighted by Crippen LogP contribution is -2.36. The third kappa shape index (κ3) is 3.79. The molecule has 1 atom stereocenters. The molecular weight excluding hydrogens is 357 g/mol. The first kappa shape index (κ1) is 14.5. The highest BCUT2D eigenvalue weighted by atomic mass is 127. The summed E-state index contributed by atoms with van der Waals surface area (Å²) in [6, 6.07) is 5.72. The van der Waals surface area contributed by atoms with Crippen LogP contribution in [0, 0.1) is 19.6 Å². The maximum atomic E-state index is 11.1. The summed E-state index contributed by atoms with van der Waals surface area (Å²) in [6.45, 7) is 0.749. The number of nitro benzene ring substituents is 1. The Morgan fingerprint density at radius 1 is 1.53 bits per heavy atom. The summed E-state index contributed by atoms with van der Waals surface area (Å²) in [5, 5.41) is 14.3. The van der Waals surface area contributed by atoms with Crippen molar-refractivity contribution in [3.05, 3.63) is 31.9 Å². The monoisotopic (exact) mass is 375 g/mol. The highest BCUT2D eigenvalue weighted by Crippen LogP contribution is 2.35. The summed E-state index contributed by atoms with van der Waals surface area (Å²) < 4.78 is 0.876. The first-order chi connectivity index (χ1) is 8.99.